The third-order valence-corrected chi connectivity index (χ3v) is 3.99. The molecule has 1 saturated carbocycles. The first-order valence-corrected chi connectivity index (χ1v) is 7.30. The van der Waals surface area contributed by atoms with Crippen molar-refractivity contribution in [3.05, 3.63) is 28.0 Å². The second-order valence-electron chi connectivity index (χ2n) is 5.45. The van der Waals surface area contributed by atoms with Gasteiger partial charge in [0, 0.05) is 18.2 Å². The highest BCUT2D eigenvalue weighted by Gasteiger charge is 2.31. The fourth-order valence-corrected chi connectivity index (χ4v) is 2.74. The minimum absolute atomic E-state index is 0.126. The van der Waals surface area contributed by atoms with Gasteiger partial charge in [-0.25, -0.2) is 4.39 Å². The minimum atomic E-state index is -0.319. The Morgan fingerprint density at radius 3 is 2.63 bits per heavy atom. The lowest BCUT2D eigenvalue weighted by atomic mass is 10.1. The Morgan fingerprint density at radius 2 is 2.16 bits per heavy atom. The lowest BCUT2D eigenvalue weighted by Crippen LogP contribution is -2.31. The SMILES string of the molecule is CC(C)CN(c1ccc(C(=N)N)c(Br)c1F)C1CC1. The van der Waals surface area contributed by atoms with Crippen LogP contribution < -0.4 is 10.6 Å². The van der Waals surface area contributed by atoms with E-state index in [2.05, 4.69) is 34.7 Å². The summed E-state index contributed by atoms with van der Waals surface area (Å²) in [6, 6.07) is 3.89. The number of anilines is 1. The molecule has 0 atom stereocenters. The molecule has 1 aliphatic carbocycles. The van der Waals surface area contributed by atoms with Crippen LogP contribution in [0.4, 0.5) is 10.1 Å². The molecule has 19 heavy (non-hydrogen) atoms. The third kappa shape index (κ3) is 3.08. The Labute approximate surface area is 121 Å². The summed E-state index contributed by atoms with van der Waals surface area (Å²) >= 11 is 3.21. The molecule has 0 heterocycles. The van der Waals surface area contributed by atoms with Crippen LogP contribution in [0.25, 0.3) is 0 Å². The van der Waals surface area contributed by atoms with Gasteiger partial charge in [0.2, 0.25) is 0 Å². The van der Waals surface area contributed by atoms with Gasteiger partial charge in [0.15, 0.2) is 5.82 Å². The smallest absolute Gasteiger partial charge is 0.161 e. The quantitative estimate of drug-likeness (QED) is 0.642. The summed E-state index contributed by atoms with van der Waals surface area (Å²) in [5.41, 5.74) is 6.44. The average molecular weight is 328 g/mol. The zero-order valence-electron chi connectivity index (χ0n) is 11.2. The van der Waals surface area contributed by atoms with Crippen molar-refractivity contribution in [3.63, 3.8) is 0 Å². The first-order valence-electron chi connectivity index (χ1n) is 6.50. The lowest BCUT2D eigenvalue weighted by molar-refractivity contribution is 0.575. The van der Waals surface area contributed by atoms with Crippen LogP contribution in [0.1, 0.15) is 32.3 Å². The molecule has 0 amide bonds. The largest absolute Gasteiger partial charge is 0.384 e. The highest BCUT2D eigenvalue weighted by Crippen LogP contribution is 2.36. The van der Waals surface area contributed by atoms with Crippen molar-refractivity contribution >= 4 is 27.5 Å². The Bertz CT molecular complexity index is 498. The summed E-state index contributed by atoms with van der Waals surface area (Å²) < 4.78 is 14.8. The van der Waals surface area contributed by atoms with E-state index < -0.39 is 0 Å². The van der Waals surface area contributed by atoms with Crippen LogP contribution in [-0.2, 0) is 0 Å². The van der Waals surface area contributed by atoms with Crippen molar-refractivity contribution in [2.75, 3.05) is 11.4 Å². The van der Waals surface area contributed by atoms with Crippen LogP contribution in [-0.4, -0.2) is 18.4 Å². The predicted octanol–water partition coefficient (Wildman–Crippen LogP) is 3.50. The van der Waals surface area contributed by atoms with E-state index >= 15 is 0 Å². The number of nitrogen functional groups attached to an aromatic ring is 1. The fraction of sp³-hybridized carbons (Fsp3) is 0.500. The fourth-order valence-electron chi connectivity index (χ4n) is 2.19. The van der Waals surface area contributed by atoms with Crippen molar-refractivity contribution in [1.82, 2.24) is 0 Å². The molecule has 0 radical (unpaired) electrons. The minimum Gasteiger partial charge on any atom is -0.384 e. The molecule has 0 unspecified atom stereocenters. The van der Waals surface area contributed by atoms with Crippen LogP contribution in [0.2, 0.25) is 0 Å². The molecule has 1 fully saturated rings. The van der Waals surface area contributed by atoms with Gasteiger partial charge in [0.1, 0.15) is 5.84 Å². The molecule has 0 aliphatic heterocycles. The number of rotatable bonds is 5. The van der Waals surface area contributed by atoms with E-state index in [-0.39, 0.29) is 16.1 Å². The van der Waals surface area contributed by atoms with Crippen molar-refractivity contribution in [3.8, 4) is 0 Å². The van der Waals surface area contributed by atoms with E-state index in [1.165, 1.54) is 0 Å². The van der Waals surface area contributed by atoms with Crippen LogP contribution in [0, 0.1) is 17.1 Å². The molecule has 0 bridgehead atoms. The molecule has 2 rings (SSSR count). The topological polar surface area (TPSA) is 53.1 Å². The molecule has 0 spiro atoms. The number of halogens is 2. The van der Waals surface area contributed by atoms with Gasteiger partial charge in [0.25, 0.3) is 0 Å². The van der Waals surface area contributed by atoms with E-state index in [0.29, 0.717) is 23.2 Å². The number of benzene rings is 1. The van der Waals surface area contributed by atoms with Gasteiger partial charge in [-0.1, -0.05) is 13.8 Å². The Balaban J connectivity index is 2.38. The molecule has 1 aliphatic rings. The van der Waals surface area contributed by atoms with Gasteiger partial charge < -0.3 is 10.6 Å². The summed E-state index contributed by atoms with van der Waals surface area (Å²) in [6.45, 7) is 5.10. The second kappa shape index (κ2) is 5.49. The van der Waals surface area contributed by atoms with Crippen LogP contribution >= 0.6 is 15.9 Å². The van der Waals surface area contributed by atoms with E-state index in [1.54, 1.807) is 12.1 Å². The van der Waals surface area contributed by atoms with Crippen molar-refractivity contribution in [1.29, 1.82) is 5.41 Å². The maximum absolute atomic E-state index is 14.5. The molecular formula is C14H19BrFN3. The number of hydrogen-bond donors (Lipinski definition) is 2. The first-order chi connectivity index (χ1) is 8.91. The summed E-state index contributed by atoms with van der Waals surface area (Å²) in [5, 5.41) is 7.43. The van der Waals surface area contributed by atoms with Crippen molar-refractivity contribution < 1.29 is 4.39 Å². The van der Waals surface area contributed by atoms with E-state index in [9.17, 15) is 4.39 Å². The van der Waals surface area contributed by atoms with Crippen molar-refractivity contribution in [2.24, 2.45) is 11.7 Å². The molecule has 3 nitrogen and oxygen atoms in total. The van der Waals surface area contributed by atoms with Crippen LogP contribution in [0.15, 0.2) is 16.6 Å². The molecule has 0 aromatic heterocycles. The maximum Gasteiger partial charge on any atom is 0.161 e. The van der Waals surface area contributed by atoms with Crippen LogP contribution in [0.3, 0.4) is 0 Å². The monoisotopic (exact) mass is 327 g/mol. The summed E-state index contributed by atoms with van der Waals surface area (Å²) in [4.78, 5) is 2.13. The number of hydrogen-bond acceptors (Lipinski definition) is 2. The maximum atomic E-state index is 14.5. The molecular weight excluding hydrogens is 309 g/mol. The van der Waals surface area contributed by atoms with Gasteiger partial charge in [-0.2, -0.15) is 0 Å². The molecule has 3 N–H and O–H groups in total. The van der Waals surface area contributed by atoms with Crippen LogP contribution in [0.5, 0.6) is 0 Å². The highest BCUT2D eigenvalue weighted by molar-refractivity contribution is 9.10. The molecule has 104 valence electrons. The Kier molecular flexibility index (Phi) is 4.13. The third-order valence-electron chi connectivity index (χ3n) is 3.21. The lowest BCUT2D eigenvalue weighted by Gasteiger charge is -2.27. The predicted molar refractivity (Wildman–Crippen MR) is 80.3 cm³/mol. The number of nitrogens with zero attached hydrogens (tertiary/aromatic N) is 1. The zero-order valence-corrected chi connectivity index (χ0v) is 12.8. The number of nitrogens with two attached hydrogens (primary N) is 1. The van der Waals surface area contributed by atoms with Crippen molar-refractivity contribution in [2.45, 2.75) is 32.7 Å². The van der Waals surface area contributed by atoms with E-state index in [4.69, 9.17) is 11.1 Å². The average Bonchev–Trinajstić information content (AvgIpc) is 3.13. The van der Waals surface area contributed by atoms with E-state index in [1.807, 2.05) is 0 Å². The van der Waals surface area contributed by atoms with Gasteiger partial charge in [0.05, 0.1) is 10.2 Å². The van der Waals surface area contributed by atoms with Gasteiger partial charge in [-0.15, -0.1) is 0 Å². The van der Waals surface area contributed by atoms with Gasteiger partial charge >= 0.3 is 0 Å². The van der Waals surface area contributed by atoms with E-state index in [0.717, 1.165) is 19.4 Å². The molecule has 1 aromatic rings. The molecule has 0 saturated heterocycles. The normalized spacial score (nSPS) is 14.8. The summed E-state index contributed by atoms with van der Waals surface area (Å²) in [5.74, 6) is 0.0330. The molecule has 1 aromatic carbocycles. The zero-order chi connectivity index (χ0) is 14.2. The second-order valence-corrected chi connectivity index (χ2v) is 6.24. The van der Waals surface area contributed by atoms with Gasteiger partial charge in [-0.05, 0) is 46.8 Å². The standard InChI is InChI=1S/C14H19BrFN3/c1-8(2)7-19(9-3-4-9)11-6-5-10(14(17)18)12(15)13(11)16/h5-6,8-9H,3-4,7H2,1-2H3,(H3,17,18). The summed E-state index contributed by atoms with van der Waals surface area (Å²) in [6.07, 6.45) is 2.25. The Morgan fingerprint density at radius 1 is 1.53 bits per heavy atom. The highest BCUT2D eigenvalue weighted by atomic mass is 79.9. The molecule has 5 heteroatoms. The van der Waals surface area contributed by atoms with Gasteiger partial charge in [-0.3, -0.25) is 5.41 Å². The first kappa shape index (κ1) is 14.3. The number of amidine groups is 1. The summed E-state index contributed by atoms with van der Waals surface area (Å²) in [7, 11) is 0. The Hall–Kier alpha value is -1.10. The number of nitrogens with one attached hydrogen (secondary N) is 1.